The van der Waals surface area contributed by atoms with E-state index in [2.05, 4.69) is 15.5 Å². The topological polar surface area (TPSA) is 129 Å². The van der Waals surface area contributed by atoms with Crippen LogP contribution in [0.15, 0.2) is 47.6 Å². The van der Waals surface area contributed by atoms with Crippen LogP contribution in [0.5, 0.6) is 0 Å². The van der Waals surface area contributed by atoms with E-state index in [0.717, 1.165) is 11.8 Å². The molecular formula is C16H12Cl2N6O3S. The Labute approximate surface area is 173 Å². The molecule has 0 aliphatic heterocycles. The fourth-order valence-electron chi connectivity index (χ4n) is 2.25. The molecule has 28 heavy (non-hydrogen) atoms. The smallest absolute Gasteiger partial charge is 0.271 e. The maximum absolute atomic E-state index is 12.1. The standard InChI is InChI=1S/C16H12Cl2N6O3S/c17-9-4-5-13(18)12(6-9)15-21-22-16(23(15)19)28-8-14(25)20-10-2-1-3-11(7-10)24(26)27/h1-7H,8,19H2,(H,20,25). The molecule has 0 aliphatic carbocycles. The Bertz CT molecular complexity index is 1060. The van der Waals surface area contributed by atoms with Gasteiger partial charge in [0.1, 0.15) is 0 Å². The zero-order valence-electron chi connectivity index (χ0n) is 14.0. The zero-order chi connectivity index (χ0) is 20.3. The summed E-state index contributed by atoms with van der Waals surface area (Å²) in [7, 11) is 0. The fraction of sp³-hybridized carbons (Fsp3) is 0.0625. The summed E-state index contributed by atoms with van der Waals surface area (Å²) in [6, 6.07) is 10.5. The Morgan fingerprint density at radius 3 is 2.79 bits per heavy atom. The van der Waals surface area contributed by atoms with E-state index in [1.165, 1.54) is 22.9 Å². The summed E-state index contributed by atoms with van der Waals surface area (Å²) in [5.41, 5.74) is 0.715. The Morgan fingerprint density at radius 2 is 2.04 bits per heavy atom. The van der Waals surface area contributed by atoms with Gasteiger partial charge in [-0.3, -0.25) is 14.9 Å². The van der Waals surface area contributed by atoms with Gasteiger partial charge in [0.05, 0.1) is 15.7 Å². The molecule has 3 aromatic rings. The highest BCUT2D eigenvalue weighted by atomic mass is 35.5. The number of hydrogen-bond acceptors (Lipinski definition) is 7. The summed E-state index contributed by atoms with van der Waals surface area (Å²) in [5.74, 6) is 5.90. The predicted octanol–water partition coefficient (Wildman–Crippen LogP) is 3.60. The van der Waals surface area contributed by atoms with Crippen molar-refractivity contribution in [2.75, 3.05) is 16.9 Å². The summed E-state index contributed by atoms with van der Waals surface area (Å²) in [4.78, 5) is 22.4. The number of nitro groups is 1. The number of aromatic nitrogens is 3. The second-order valence-corrected chi connectivity index (χ2v) is 7.23. The van der Waals surface area contributed by atoms with Gasteiger partial charge in [-0.15, -0.1) is 10.2 Å². The number of halogens is 2. The minimum atomic E-state index is -0.538. The van der Waals surface area contributed by atoms with Crippen LogP contribution in [0.4, 0.5) is 11.4 Å². The monoisotopic (exact) mass is 438 g/mol. The molecule has 2 aromatic carbocycles. The largest absolute Gasteiger partial charge is 0.335 e. The average molecular weight is 439 g/mol. The van der Waals surface area contributed by atoms with Crippen LogP contribution in [0, 0.1) is 10.1 Å². The van der Waals surface area contributed by atoms with Gasteiger partial charge in [-0.2, -0.15) is 0 Å². The molecule has 0 saturated carbocycles. The minimum Gasteiger partial charge on any atom is -0.335 e. The highest BCUT2D eigenvalue weighted by Gasteiger charge is 2.17. The Balaban J connectivity index is 1.68. The first-order valence-electron chi connectivity index (χ1n) is 7.68. The van der Waals surface area contributed by atoms with E-state index in [0.29, 0.717) is 32.3 Å². The quantitative estimate of drug-likeness (QED) is 0.260. The van der Waals surface area contributed by atoms with Gasteiger partial charge in [0.2, 0.25) is 11.1 Å². The number of benzene rings is 2. The van der Waals surface area contributed by atoms with Crippen LogP contribution in [-0.4, -0.2) is 31.5 Å². The Kier molecular flexibility index (Phi) is 6.02. The maximum atomic E-state index is 12.1. The molecule has 0 unspecified atom stereocenters. The molecule has 0 atom stereocenters. The molecule has 1 aromatic heterocycles. The summed E-state index contributed by atoms with van der Waals surface area (Å²) < 4.78 is 1.21. The van der Waals surface area contributed by atoms with Crippen LogP contribution >= 0.6 is 35.0 Å². The van der Waals surface area contributed by atoms with Crippen LogP contribution in [0.25, 0.3) is 11.4 Å². The lowest BCUT2D eigenvalue weighted by Gasteiger charge is -2.06. The normalized spacial score (nSPS) is 10.6. The lowest BCUT2D eigenvalue weighted by Crippen LogP contribution is -2.16. The molecule has 0 bridgehead atoms. The third-order valence-corrected chi connectivity index (χ3v) is 5.01. The van der Waals surface area contributed by atoms with E-state index in [1.807, 2.05) is 0 Å². The molecule has 3 N–H and O–H groups in total. The maximum Gasteiger partial charge on any atom is 0.271 e. The first-order chi connectivity index (χ1) is 13.3. The molecular weight excluding hydrogens is 427 g/mol. The van der Waals surface area contributed by atoms with Gasteiger partial charge < -0.3 is 11.2 Å². The predicted molar refractivity (Wildman–Crippen MR) is 108 cm³/mol. The van der Waals surface area contributed by atoms with Crippen LogP contribution in [0.1, 0.15) is 0 Å². The van der Waals surface area contributed by atoms with Gasteiger partial charge in [-0.25, -0.2) is 4.68 Å². The Hall–Kier alpha value is -2.82. The lowest BCUT2D eigenvalue weighted by atomic mass is 10.2. The van der Waals surface area contributed by atoms with Crippen LogP contribution in [-0.2, 0) is 4.79 Å². The number of amides is 1. The van der Waals surface area contributed by atoms with Gasteiger partial charge in [0, 0.05) is 28.4 Å². The third-order valence-electron chi connectivity index (χ3n) is 3.51. The molecule has 9 nitrogen and oxygen atoms in total. The number of nitrogen functional groups attached to an aromatic ring is 1. The fourth-order valence-corrected chi connectivity index (χ4v) is 3.28. The summed E-state index contributed by atoms with van der Waals surface area (Å²) in [6.07, 6.45) is 0. The summed E-state index contributed by atoms with van der Waals surface area (Å²) in [6.45, 7) is 0. The molecule has 0 fully saturated rings. The van der Waals surface area contributed by atoms with Gasteiger partial charge in [0.25, 0.3) is 5.69 Å². The number of nitro benzene ring substituents is 1. The molecule has 0 saturated heterocycles. The molecule has 12 heteroatoms. The van der Waals surface area contributed by atoms with E-state index >= 15 is 0 Å². The minimum absolute atomic E-state index is 0.0265. The van der Waals surface area contributed by atoms with Crippen LogP contribution in [0.2, 0.25) is 10.0 Å². The first-order valence-corrected chi connectivity index (χ1v) is 9.42. The number of thioether (sulfide) groups is 1. The van der Waals surface area contributed by atoms with E-state index in [4.69, 9.17) is 29.0 Å². The SMILES string of the molecule is Nn1c(SCC(=O)Nc2cccc([N+](=O)[O-])c2)nnc1-c1cc(Cl)ccc1Cl. The highest BCUT2D eigenvalue weighted by Crippen LogP contribution is 2.30. The van der Waals surface area contributed by atoms with E-state index in [9.17, 15) is 14.9 Å². The lowest BCUT2D eigenvalue weighted by molar-refractivity contribution is -0.384. The van der Waals surface area contributed by atoms with Crippen molar-refractivity contribution in [2.24, 2.45) is 0 Å². The molecule has 144 valence electrons. The molecule has 1 heterocycles. The van der Waals surface area contributed by atoms with Gasteiger partial charge in [-0.1, -0.05) is 41.0 Å². The summed E-state index contributed by atoms with van der Waals surface area (Å²) >= 11 is 13.2. The van der Waals surface area contributed by atoms with Crippen molar-refractivity contribution >= 4 is 52.2 Å². The van der Waals surface area contributed by atoms with Crippen molar-refractivity contribution in [1.82, 2.24) is 14.9 Å². The number of carbonyl (C=O) groups excluding carboxylic acids is 1. The molecule has 0 radical (unpaired) electrons. The second kappa shape index (κ2) is 8.46. The number of anilines is 1. The van der Waals surface area contributed by atoms with Gasteiger partial charge in [0.15, 0.2) is 5.82 Å². The molecule has 0 aliphatic rings. The van der Waals surface area contributed by atoms with Gasteiger partial charge >= 0.3 is 0 Å². The number of nitrogens with zero attached hydrogens (tertiary/aromatic N) is 4. The van der Waals surface area contributed by atoms with E-state index < -0.39 is 4.92 Å². The molecule has 0 spiro atoms. The van der Waals surface area contributed by atoms with E-state index in [1.54, 1.807) is 24.3 Å². The number of nitrogens with two attached hydrogens (primary N) is 1. The van der Waals surface area contributed by atoms with Crippen LogP contribution in [0.3, 0.4) is 0 Å². The number of hydrogen-bond donors (Lipinski definition) is 2. The van der Waals surface area contributed by atoms with Crippen molar-refractivity contribution in [3.8, 4) is 11.4 Å². The Morgan fingerprint density at radius 1 is 1.25 bits per heavy atom. The molecule has 3 rings (SSSR count). The van der Waals surface area contributed by atoms with Crippen molar-refractivity contribution in [3.63, 3.8) is 0 Å². The molecule has 1 amide bonds. The average Bonchev–Trinajstić information content (AvgIpc) is 3.02. The summed E-state index contributed by atoms with van der Waals surface area (Å²) in [5, 5.41) is 22.5. The number of non-ortho nitro benzene ring substituents is 1. The van der Waals surface area contributed by atoms with Crippen molar-refractivity contribution < 1.29 is 9.72 Å². The number of nitrogens with one attached hydrogen (secondary N) is 1. The highest BCUT2D eigenvalue weighted by molar-refractivity contribution is 7.99. The van der Waals surface area contributed by atoms with Crippen LogP contribution < -0.4 is 11.2 Å². The first kappa shape index (κ1) is 19.9. The van der Waals surface area contributed by atoms with Crippen molar-refractivity contribution in [3.05, 3.63) is 62.6 Å². The van der Waals surface area contributed by atoms with Crippen molar-refractivity contribution in [1.29, 1.82) is 0 Å². The second-order valence-electron chi connectivity index (χ2n) is 5.44. The third kappa shape index (κ3) is 4.53. The number of rotatable bonds is 6. The van der Waals surface area contributed by atoms with Crippen molar-refractivity contribution in [2.45, 2.75) is 5.16 Å². The number of carbonyl (C=O) groups is 1. The van der Waals surface area contributed by atoms with E-state index in [-0.39, 0.29) is 17.3 Å². The zero-order valence-corrected chi connectivity index (χ0v) is 16.3. The van der Waals surface area contributed by atoms with Gasteiger partial charge in [-0.05, 0) is 24.3 Å².